The van der Waals surface area contributed by atoms with E-state index >= 15 is 0 Å². The van der Waals surface area contributed by atoms with E-state index in [9.17, 15) is 4.79 Å². The van der Waals surface area contributed by atoms with Gasteiger partial charge in [0.05, 0.1) is 0 Å². The summed E-state index contributed by atoms with van der Waals surface area (Å²) in [6, 6.07) is 0. The molecule has 0 heterocycles. The molecule has 168 valence electrons. The van der Waals surface area contributed by atoms with Gasteiger partial charge < -0.3 is 4.74 Å². The van der Waals surface area contributed by atoms with Gasteiger partial charge in [0, 0.05) is 11.8 Å². The summed E-state index contributed by atoms with van der Waals surface area (Å²) in [4.78, 5) is 12.3. The van der Waals surface area contributed by atoms with Crippen molar-refractivity contribution in [3.05, 3.63) is 0 Å². The Morgan fingerprint density at radius 3 is 1.82 bits per heavy atom. The van der Waals surface area contributed by atoms with Crippen LogP contribution in [0.4, 0.5) is 0 Å². The molecule has 0 aromatic heterocycles. The fraction of sp³-hybridized carbons (Fsp3) is 0.960. The Bertz CT molecular complexity index is 331. The minimum atomic E-state index is 0.0404. The van der Waals surface area contributed by atoms with Crippen molar-refractivity contribution in [1.82, 2.24) is 0 Å². The summed E-state index contributed by atoms with van der Waals surface area (Å²) in [7, 11) is 0. The second-order valence-electron chi connectivity index (χ2n) is 8.91. The van der Waals surface area contributed by atoms with Crippen LogP contribution in [0.15, 0.2) is 0 Å². The Hall–Kier alpha value is -0.0500. The predicted molar refractivity (Wildman–Crippen MR) is 127 cm³/mol. The van der Waals surface area contributed by atoms with E-state index in [-0.39, 0.29) is 12.1 Å². The standard InChI is InChI=1S/C25H49BrO2/c1-4-5-6-7-9-14-19-24(20-15-12-13-18-23(2)3)28-25(27)21-16-10-8-11-17-22-26/h23-24H,4-22H2,1-3H3. The van der Waals surface area contributed by atoms with Crippen LogP contribution in [-0.4, -0.2) is 17.4 Å². The molecule has 2 nitrogen and oxygen atoms in total. The van der Waals surface area contributed by atoms with Crippen molar-refractivity contribution < 1.29 is 9.53 Å². The van der Waals surface area contributed by atoms with E-state index in [1.165, 1.54) is 83.5 Å². The van der Waals surface area contributed by atoms with Crippen LogP contribution in [0.3, 0.4) is 0 Å². The first-order valence-corrected chi connectivity index (χ1v) is 13.5. The Labute approximate surface area is 185 Å². The lowest BCUT2D eigenvalue weighted by molar-refractivity contribution is -0.150. The number of unbranched alkanes of at least 4 members (excludes halogenated alkanes) is 11. The van der Waals surface area contributed by atoms with Gasteiger partial charge in [-0.3, -0.25) is 4.79 Å². The number of carbonyl (C=O) groups is 1. The van der Waals surface area contributed by atoms with E-state index in [0.717, 1.165) is 36.9 Å². The zero-order chi connectivity index (χ0) is 20.9. The van der Waals surface area contributed by atoms with Gasteiger partial charge in [-0.15, -0.1) is 0 Å². The molecule has 0 bridgehead atoms. The van der Waals surface area contributed by atoms with Gasteiger partial charge in [-0.25, -0.2) is 0 Å². The van der Waals surface area contributed by atoms with Crippen molar-refractivity contribution in [3.8, 4) is 0 Å². The van der Waals surface area contributed by atoms with E-state index in [1.807, 2.05) is 0 Å². The Kier molecular flexibility index (Phi) is 21.6. The van der Waals surface area contributed by atoms with Crippen LogP contribution in [0.25, 0.3) is 0 Å². The van der Waals surface area contributed by atoms with Crippen LogP contribution in [-0.2, 0) is 9.53 Å². The van der Waals surface area contributed by atoms with Crippen molar-refractivity contribution in [3.63, 3.8) is 0 Å². The lowest BCUT2D eigenvalue weighted by Crippen LogP contribution is -2.18. The zero-order valence-electron chi connectivity index (χ0n) is 19.3. The molecule has 0 aliphatic heterocycles. The van der Waals surface area contributed by atoms with E-state index in [2.05, 4.69) is 36.7 Å². The molecule has 1 unspecified atom stereocenters. The summed E-state index contributed by atoms with van der Waals surface area (Å²) in [6.45, 7) is 6.85. The monoisotopic (exact) mass is 460 g/mol. The number of alkyl halides is 1. The molecule has 0 fully saturated rings. The average molecular weight is 462 g/mol. The summed E-state index contributed by atoms with van der Waals surface area (Å²) >= 11 is 3.47. The van der Waals surface area contributed by atoms with Gasteiger partial charge in [0.2, 0.25) is 0 Å². The number of esters is 1. The third-order valence-electron chi connectivity index (χ3n) is 5.50. The van der Waals surface area contributed by atoms with Crippen molar-refractivity contribution in [2.24, 2.45) is 5.92 Å². The molecule has 0 saturated heterocycles. The van der Waals surface area contributed by atoms with Gasteiger partial charge in [0.1, 0.15) is 6.10 Å². The molecule has 0 saturated carbocycles. The molecule has 0 aliphatic rings. The number of rotatable bonds is 21. The van der Waals surface area contributed by atoms with Crippen LogP contribution in [0.5, 0.6) is 0 Å². The maximum atomic E-state index is 12.3. The first kappa shape index (κ1) is 27.9. The molecule has 0 radical (unpaired) electrons. The number of ether oxygens (including phenoxy) is 1. The zero-order valence-corrected chi connectivity index (χ0v) is 20.9. The molecule has 0 spiro atoms. The van der Waals surface area contributed by atoms with Gasteiger partial charge >= 0.3 is 5.97 Å². The second kappa shape index (κ2) is 21.7. The average Bonchev–Trinajstić information content (AvgIpc) is 2.66. The first-order chi connectivity index (χ1) is 13.6. The Morgan fingerprint density at radius 1 is 0.714 bits per heavy atom. The van der Waals surface area contributed by atoms with Crippen LogP contribution in [0.2, 0.25) is 0 Å². The molecule has 1 atom stereocenters. The lowest BCUT2D eigenvalue weighted by Gasteiger charge is -2.18. The topological polar surface area (TPSA) is 26.3 Å². The Balaban J connectivity index is 4.02. The summed E-state index contributed by atoms with van der Waals surface area (Å²) in [5.41, 5.74) is 0. The highest BCUT2D eigenvalue weighted by molar-refractivity contribution is 9.09. The third-order valence-corrected chi connectivity index (χ3v) is 6.06. The summed E-state index contributed by atoms with van der Waals surface area (Å²) < 4.78 is 5.89. The fourth-order valence-corrected chi connectivity index (χ4v) is 4.05. The molecular formula is C25H49BrO2. The molecule has 28 heavy (non-hydrogen) atoms. The van der Waals surface area contributed by atoms with Crippen LogP contribution < -0.4 is 0 Å². The summed E-state index contributed by atoms with van der Waals surface area (Å²) in [6.07, 6.45) is 21.7. The van der Waals surface area contributed by atoms with Gasteiger partial charge in [-0.2, -0.15) is 0 Å². The normalized spacial score (nSPS) is 12.5. The minimum absolute atomic E-state index is 0.0404. The fourth-order valence-electron chi connectivity index (χ4n) is 3.65. The number of carbonyl (C=O) groups excluding carboxylic acids is 1. The van der Waals surface area contributed by atoms with E-state index in [4.69, 9.17) is 4.74 Å². The van der Waals surface area contributed by atoms with Gasteiger partial charge in [0.25, 0.3) is 0 Å². The van der Waals surface area contributed by atoms with Gasteiger partial charge in [0.15, 0.2) is 0 Å². The Morgan fingerprint density at radius 2 is 1.21 bits per heavy atom. The lowest BCUT2D eigenvalue weighted by atomic mass is 10.0. The molecule has 0 aromatic rings. The number of hydrogen-bond donors (Lipinski definition) is 0. The highest BCUT2D eigenvalue weighted by atomic mass is 79.9. The SMILES string of the molecule is CCCCCCCCC(CCCCCC(C)C)OC(=O)CCCCCCCBr. The minimum Gasteiger partial charge on any atom is -0.462 e. The van der Waals surface area contributed by atoms with Crippen molar-refractivity contribution in [1.29, 1.82) is 0 Å². The van der Waals surface area contributed by atoms with Crippen LogP contribution in [0, 0.1) is 5.92 Å². The molecule has 3 heteroatoms. The molecular weight excluding hydrogens is 412 g/mol. The maximum Gasteiger partial charge on any atom is 0.306 e. The maximum absolute atomic E-state index is 12.3. The number of hydrogen-bond acceptors (Lipinski definition) is 2. The van der Waals surface area contributed by atoms with E-state index < -0.39 is 0 Å². The highest BCUT2D eigenvalue weighted by Crippen LogP contribution is 2.18. The second-order valence-corrected chi connectivity index (χ2v) is 9.70. The van der Waals surface area contributed by atoms with Gasteiger partial charge in [-0.1, -0.05) is 107 Å². The third kappa shape index (κ3) is 20.7. The molecule has 0 N–H and O–H groups in total. The first-order valence-electron chi connectivity index (χ1n) is 12.4. The van der Waals surface area contributed by atoms with E-state index in [0.29, 0.717) is 6.42 Å². The van der Waals surface area contributed by atoms with E-state index in [1.54, 1.807) is 0 Å². The van der Waals surface area contributed by atoms with Crippen molar-refractivity contribution in [2.75, 3.05) is 5.33 Å². The molecule has 0 aromatic carbocycles. The molecule has 0 rings (SSSR count). The predicted octanol–water partition coefficient (Wildman–Crippen LogP) is 8.99. The summed E-state index contributed by atoms with van der Waals surface area (Å²) in [5.74, 6) is 0.838. The van der Waals surface area contributed by atoms with Crippen molar-refractivity contribution >= 4 is 21.9 Å². The quantitative estimate of drug-likeness (QED) is 0.0968. The van der Waals surface area contributed by atoms with Crippen LogP contribution in [0.1, 0.15) is 136 Å². The van der Waals surface area contributed by atoms with Crippen molar-refractivity contribution in [2.45, 2.75) is 142 Å². The van der Waals surface area contributed by atoms with Gasteiger partial charge in [-0.05, 0) is 44.4 Å². The number of halogens is 1. The molecule has 0 amide bonds. The highest BCUT2D eigenvalue weighted by Gasteiger charge is 2.14. The largest absolute Gasteiger partial charge is 0.462 e. The smallest absolute Gasteiger partial charge is 0.306 e. The summed E-state index contributed by atoms with van der Waals surface area (Å²) in [5, 5.41) is 1.09. The van der Waals surface area contributed by atoms with Crippen LogP contribution >= 0.6 is 15.9 Å². The molecule has 0 aliphatic carbocycles.